The molecule has 0 saturated heterocycles. The lowest BCUT2D eigenvalue weighted by atomic mass is 10.1. The second-order valence-corrected chi connectivity index (χ2v) is 6.66. The third-order valence-corrected chi connectivity index (χ3v) is 4.63. The number of para-hydroxylation sites is 1. The molecule has 0 aliphatic rings. The van der Waals surface area contributed by atoms with E-state index >= 15 is 0 Å². The van der Waals surface area contributed by atoms with Crippen LogP contribution in [0.3, 0.4) is 0 Å². The molecule has 2 heterocycles. The summed E-state index contributed by atoms with van der Waals surface area (Å²) in [7, 11) is 0. The van der Waals surface area contributed by atoms with Crippen molar-refractivity contribution in [3.05, 3.63) is 90.0 Å². The van der Waals surface area contributed by atoms with E-state index in [4.69, 9.17) is 4.74 Å². The minimum Gasteiger partial charge on any atom is -0.439 e. The number of aromatic nitrogens is 2. The highest BCUT2D eigenvalue weighted by molar-refractivity contribution is 5.84. The molecule has 0 aliphatic heterocycles. The number of halogens is 1. The fraction of sp³-hybridized carbons (Fsp3) is 0.130. The zero-order chi connectivity index (χ0) is 20.1. The van der Waals surface area contributed by atoms with E-state index in [1.54, 1.807) is 24.4 Å². The molecule has 0 unspecified atom stereocenters. The zero-order valence-electron chi connectivity index (χ0n) is 15.7. The number of carbonyl (C=O) groups excluding carboxylic acids is 1. The minimum atomic E-state index is -0.384. The standard InChI is InChI=1S/C23H20FN3O2/c24-18-6-3-7-19(13-18)29-23-17(5-4-12-25-23)15-27-22(28)11-10-16-14-26-21-9-2-1-8-20(16)21/h1-9,12-14,26H,10-11,15H2,(H,27,28). The number of aromatic amines is 1. The van der Waals surface area contributed by atoms with Gasteiger partial charge in [-0.05, 0) is 36.2 Å². The first kappa shape index (κ1) is 18.7. The molecule has 4 rings (SSSR count). The first-order valence-corrected chi connectivity index (χ1v) is 9.38. The Labute approximate surface area is 167 Å². The van der Waals surface area contributed by atoms with E-state index in [9.17, 15) is 9.18 Å². The van der Waals surface area contributed by atoms with Gasteiger partial charge in [-0.3, -0.25) is 4.79 Å². The summed E-state index contributed by atoms with van der Waals surface area (Å²) >= 11 is 0. The molecule has 0 bridgehead atoms. The molecule has 6 heteroatoms. The number of benzene rings is 2. The second-order valence-electron chi connectivity index (χ2n) is 6.66. The van der Waals surface area contributed by atoms with E-state index in [1.165, 1.54) is 12.1 Å². The summed E-state index contributed by atoms with van der Waals surface area (Å²) in [5.41, 5.74) is 2.90. The Kier molecular flexibility index (Phi) is 5.52. The minimum absolute atomic E-state index is 0.0594. The van der Waals surface area contributed by atoms with E-state index in [1.807, 2.05) is 36.5 Å². The number of rotatable bonds is 7. The molecule has 0 fully saturated rings. The fourth-order valence-electron chi connectivity index (χ4n) is 3.16. The number of ether oxygens (including phenoxy) is 1. The van der Waals surface area contributed by atoms with Gasteiger partial charge in [-0.1, -0.05) is 30.3 Å². The van der Waals surface area contributed by atoms with Crippen LogP contribution >= 0.6 is 0 Å². The van der Waals surface area contributed by atoms with Gasteiger partial charge < -0.3 is 15.0 Å². The lowest BCUT2D eigenvalue weighted by Crippen LogP contribution is -2.23. The smallest absolute Gasteiger partial charge is 0.224 e. The highest BCUT2D eigenvalue weighted by Crippen LogP contribution is 2.23. The van der Waals surface area contributed by atoms with Gasteiger partial charge in [0.15, 0.2) is 0 Å². The van der Waals surface area contributed by atoms with Crippen LogP contribution in [-0.2, 0) is 17.8 Å². The van der Waals surface area contributed by atoms with Crippen molar-refractivity contribution >= 4 is 16.8 Å². The third kappa shape index (κ3) is 4.60. The number of fused-ring (bicyclic) bond motifs is 1. The fourth-order valence-corrected chi connectivity index (χ4v) is 3.16. The number of amides is 1. The van der Waals surface area contributed by atoms with Crippen molar-refractivity contribution in [1.82, 2.24) is 15.3 Å². The normalized spacial score (nSPS) is 10.8. The lowest BCUT2D eigenvalue weighted by Gasteiger charge is -2.11. The van der Waals surface area contributed by atoms with E-state index in [0.717, 1.165) is 22.0 Å². The van der Waals surface area contributed by atoms with Gasteiger partial charge in [0.2, 0.25) is 11.8 Å². The predicted octanol–water partition coefficient (Wildman–Crippen LogP) is 4.74. The molecular formula is C23H20FN3O2. The summed E-state index contributed by atoms with van der Waals surface area (Å²) in [6.07, 6.45) is 4.57. The van der Waals surface area contributed by atoms with E-state index < -0.39 is 0 Å². The molecule has 1 amide bonds. The summed E-state index contributed by atoms with van der Waals surface area (Å²) in [6.45, 7) is 0.283. The van der Waals surface area contributed by atoms with Crippen LogP contribution in [0.5, 0.6) is 11.6 Å². The number of carbonyl (C=O) groups is 1. The molecular weight excluding hydrogens is 369 g/mol. The summed E-state index contributed by atoms with van der Waals surface area (Å²) in [5.74, 6) is 0.257. The third-order valence-electron chi connectivity index (χ3n) is 4.63. The number of H-pyrrole nitrogens is 1. The molecule has 0 radical (unpaired) electrons. The lowest BCUT2D eigenvalue weighted by molar-refractivity contribution is -0.121. The Morgan fingerprint density at radius 3 is 2.86 bits per heavy atom. The predicted molar refractivity (Wildman–Crippen MR) is 109 cm³/mol. The van der Waals surface area contributed by atoms with E-state index in [0.29, 0.717) is 24.5 Å². The van der Waals surface area contributed by atoms with Gasteiger partial charge in [-0.25, -0.2) is 9.37 Å². The van der Waals surface area contributed by atoms with Crippen LogP contribution in [0.25, 0.3) is 10.9 Å². The number of aryl methyl sites for hydroxylation is 1. The van der Waals surface area contributed by atoms with Gasteiger partial charge in [0, 0.05) is 47.9 Å². The Morgan fingerprint density at radius 2 is 1.97 bits per heavy atom. The van der Waals surface area contributed by atoms with E-state index in [2.05, 4.69) is 15.3 Å². The van der Waals surface area contributed by atoms with Crippen LogP contribution < -0.4 is 10.1 Å². The number of nitrogens with one attached hydrogen (secondary N) is 2. The van der Waals surface area contributed by atoms with Crippen LogP contribution in [0, 0.1) is 5.82 Å². The van der Waals surface area contributed by atoms with Crippen molar-refractivity contribution in [2.45, 2.75) is 19.4 Å². The SMILES string of the molecule is O=C(CCc1c[nH]c2ccccc12)NCc1cccnc1Oc1cccc(F)c1. The van der Waals surface area contributed by atoms with Crippen LogP contribution in [0.15, 0.2) is 73.1 Å². The van der Waals surface area contributed by atoms with Crippen molar-refractivity contribution in [3.8, 4) is 11.6 Å². The van der Waals surface area contributed by atoms with Gasteiger partial charge in [0.1, 0.15) is 11.6 Å². The average Bonchev–Trinajstić information content (AvgIpc) is 3.15. The van der Waals surface area contributed by atoms with E-state index in [-0.39, 0.29) is 18.3 Å². The number of nitrogens with zero attached hydrogens (tertiary/aromatic N) is 1. The largest absolute Gasteiger partial charge is 0.439 e. The highest BCUT2D eigenvalue weighted by Gasteiger charge is 2.10. The maximum absolute atomic E-state index is 13.4. The average molecular weight is 389 g/mol. The Bertz CT molecular complexity index is 1140. The maximum atomic E-state index is 13.4. The van der Waals surface area contributed by atoms with Crippen molar-refractivity contribution in [2.24, 2.45) is 0 Å². The topological polar surface area (TPSA) is 67.0 Å². The van der Waals surface area contributed by atoms with Gasteiger partial charge in [-0.15, -0.1) is 0 Å². The van der Waals surface area contributed by atoms with Crippen LogP contribution in [0.4, 0.5) is 4.39 Å². The molecule has 0 saturated carbocycles. The molecule has 0 spiro atoms. The van der Waals surface area contributed by atoms with Crippen LogP contribution in [0.2, 0.25) is 0 Å². The molecule has 0 atom stereocenters. The zero-order valence-corrected chi connectivity index (χ0v) is 15.7. The first-order chi connectivity index (χ1) is 14.2. The molecule has 146 valence electrons. The molecule has 2 aromatic carbocycles. The summed E-state index contributed by atoms with van der Waals surface area (Å²) in [4.78, 5) is 19.8. The van der Waals surface area contributed by atoms with Gasteiger partial charge in [0.05, 0.1) is 0 Å². The summed E-state index contributed by atoms with van der Waals surface area (Å²) in [6, 6.07) is 17.5. The maximum Gasteiger partial charge on any atom is 0.224 e. The molecule has 0 aliphatic carbocycles. The summed E-state index contributed by atoms with van der Waals surface area (Å²) in [5, 5.41) is 4.04. The Hall–Kier alpha value is -3.67. The molecule has 29 heavy (non-hydrogen) atoms. The van der Waals surface area contributed by atoms with Crippen LogP contribution in [-0.4, -0.2) is 15.9 Å². The van der Waals surface area contributed by atoms with Crippen molar-refractivity contribution in [2.75, 3.05) is 0 Å². The Balaban J connectivity index is 1.36. The van der Waals surface area contributed by atoms with Crippen molar-refractivity contribution < 1.29 is 13.9 Å². The molecule has 5 nitrogen and oxygen atoms in total. The monoisotopic (exact) mass is 389 g/mol. The van der Waals surface area contributed by atoms with Gasteiger partial charge in [-0.2, -0.15) is 0 Å². The molecule has 4 aromatic rings. The van der Waals surface area contributed by atoms with Crippen molar-refractivity contribution in [1.29, 1.82) is 0 Å². The van der Waals surface area contributed by atoms with Gasteiger partial charge >= 0.3 is 0 Å². The quantitative estimate of drug-likeness (QED) is 0.480. The second kappa shape index (κ2) is 8.56. The van der Waals surface area contributed by atoms with Crippen molar-refractivity contribution in [3.63, 3.8) is 0 Å². The Morgan fingerprint density at radius 1 is 1.07 bits per heavy atom. The molecule has 2 N–H and O–H groups in total. The van der Waals surface area contributed by atoms with Gasteiger partial charge in [0.25, 0.3) is 0 Å². The summed E-state index contributed by atoms with van der Waals surface area (Å²) < 4.78 is 19.0. The highest BCUT2D eigenvalue weighted by atomic mass is 19.1. The number of hydrogen-bond acceptors (Lipinski definition) is 3. The molecule has 2 aromatic heterocycles. The number of pyridine rings is 1. The van der Waals surface area contributed by atoms with Crippen LogP contribution in [0.1, 0.15) is 17.5 Å². The first-order valence-electron chi connectivity index (χ1n) is 9.38. The number of hydrogen-bond donors (Lipinski definition) is 2.